The summed E-state index contributed by atoms with van der Waals surface area (Å²) in [7, 11) is 0. The summed E-state index contributed by atoms with van der Waals surface area (Å²) >= 11 is 0. The van der Waals surface area contributed by atoms with Crippen LogP contribution in [0.4, 0.5) is 16.2 Å². The maximum absolute atomic E-state index is 13.3. The van der Waals surface area contributed by atoms with Gasteiger partial charge in [-0.05, 0) is 24.2 Å². The van der Waals surface area contributed by atoms with E-state index in [2.05, 4.69) is 29.1 Å². The summed E-state index contributed by atoms with van der Waals surface area (Å²) in [6.45, 7) is 5.14. The quantitative estimate of drug-likeness (QED) is 0.821. The molecule has 0 spiro atoms. The molecule has 1 fully saturated rings. The number of anilines is 2. The molecule has 16 heavy (non-hydrogen) atoms. The largest absolute Gasteiger partial charge is 0.368 e. The molecule has 5 heteroatoms. The molecule has 1 aromatic rings. The lowest BCUT2D eigenvalue weighted by Crippen LogP contribution is -2.22. The molecule has 4 nitrogen and oxygen atoms in total. The SMILES string of the molecule is CC(C)C1(CNc2nc(N)ncc2F)CC1. The van der Waals surface area contributed by atoms with Crippen molar-refractivity contribution in [2.45, 2.75) is 26.7 Å². The Balaban J connectivity index is 2.02. The molecule has 0 bridgehead atoms. The highest BCUT2D eigenvalue weighted by Crippen LogP contribution is 2.51. The number of rotatable bonds is 4. The van der Waals surface area contributed by atoms with Crippen molar-refractivity contribution in [1.82, 2.24) is 9.97 Å². The fourth-order valence-electron chi connectivity index (χ4n) is 1.88. The summed E-state index contributed by atoms with van der Waals surface area (Å²) in [5.41, 5.74) is 5.73. The summed E-state index contributed by atoms with van der Waals surface area (Å²) in [4.78, 5) is 7.43. The van der Waals surface area contributed by atoms with Crippen LogP contribution in [0, 0.1) is 17.2 Å². The monoisotopic (exact) mass is 224 g/mol. The minimum Gasteiger partial charge on any atom is -0.368 e. The van der Waals surface area contributed by atoms with E-state index in [0.29, 0.717) is 11.3 Å². The van der Waals surface area contributed by atoms with Gasteiger partial charge < -0.3 is 11.1 Å². The van der Waals surface area contributed by atoms with Gasteiger partial charge in [-0.25, -0.2) is 9.37 Å². The second kappa shape index (κ2) is 3.88. The van der Waals surface area contributed by atoms with Crippen molar-refractivity contribution in [3.63, 3.8) is 0 Å². The number of nitrogens with one attached hydrogen (secondary N) is 1. The molecule has 0 unspecified atom stereocenters. The lowest BCUT2D eigenvalue weighted by molar-refractivity contribution is 0.379. The number of nitrogens with zero attached hydrogens (tertiary/aromatic N) is 2. The second-order valence-electron chi connectivity index (χ2n) is 4.80. The van der Waals surface area contributed by atoms with Crippen LogP contribution in [0.2, 0.25) is 0 Å². The van der Waals surface area contributed by atoms with Crippen LogP contribution in [0.5, 0.6) is 0 Å². The van der Waals surface area contributed by atoms with Crippen LogP contribution in [0.25, 0.3) is 0 Å². The lowest BCUT2D eigenvalue weighted by Gasteiger charge is -2.20. The van der Waals surface area contributed by atoms with Gasteiger partial charge in [-0.15, -0.1) is 0 Å². The zero-order valence-corrected chi connectivity index (χ0v) is 9.63. The molecule has 1 aromatic heterocycles. The topological polar surface area (TPSA) is 63.8 Å². The van der Waals surface area contributed by atoms with Crippen LogP contribution < -0.4 is 11.1 Å². The van der Waals surface area contributed by atoms with Crippen molar-refractivity contribution in [3.8, 4) is 0 Å². The van der Waals surface area contributed by atoms with E-state index in [4.69, 9.17) is 5.73 Å². The van der Waals surface area contributed by atoms with Crippen molar-refractivity contribution in [3.05, 3.63) is 12.0 Å². The van der Waals surface area contributed by atoms with Crippen LogP contribution in [-0.4, -0.2) is 16.5 Å². The third-order valence-corrected chi connectivity index (χ3v) is 3.49. The molecule has 0 aliphatic heterocycles. The summed E-state index contributed by atoms with van der Waals surface area (Å²) in [5, 5.41) is 3.03. The number of nitrogen functional groups attached to an aromatic ring is 1. The molecule has 0 saturated heterocycles. The Kier molecular flexibility index (Phi) is 2.69. The Morgan fingerprint density at radius 3 is 2.81 bits per heavy atom. The van der Waals surface area contributed by atoms with Crippen LogP contribution in [0.3, 0.4) is 0 Å². The molecule has 1 aliphatic rings. The molecular weight excluding hydrogens is 207 g/mol. The third-order valence-electron chi connectivity index (χ3n) is 3.49. The first-order chi connectivity index (χ1) is 7.53. The molecule has 1 aliphatic carbocycles. The molecular formula is C11H17FN4. The average molecular weight is 224 g/mol. The molecule has 0 aromatic carbocycles. The van der Waals surface area contributed by atoms with Gasteiger partial charge in [0.1, 0.15) is 0 Å². The van der Waals surface area contributed by atoms with Gasteiger partial charge in [0.05, 0.1) is 6.20 Å². The van der Waals surface area contributed by atoms with Crippen molar-refractivity contribution in [2.24, 2.45) is 11.3 Å². The zero-order valence-electron chi connectivity index (χ0n) is 9.63. The smallest absolute Gasteiger partial charge is 0.222 e. The van der Waals surface area contributed by atoms with E-state index < -0.39 is 5.82 Å². The van der Waals surface area contributed by atoms with Crippen molar-refractivity contribution in [1.29, 1.82) is 0 Å². The molecule has 1 heterocycles. The Morgan fingerprint density at radius 1 is 1.56 bits per heavy atom. The Labute approximate surface area is 94.5 Å². The molecule has 0 amide bonds. The van der Waals surface area contributed by atoms with Gasteiger partial charge in [0, 0.05) is 6.54 Å². The maximum atomic E-state index is 13.3. The number of hydrogen-bond donors (Lipinski definition) is 2. The summed E-state index contributed by atoms with van der Waals surface area (Å²) < 4.78 is 13.3. The van der Waals surface area contributed by atoms with E-state index in [1.54, 1.807) is 0 Å². The van der Waals surface area contributed by atoms with E-state index in [9.17, 15) is 4.39 Å². The van der Waals surface area contributed by atoms with Crippen molar-refractivity contribution >= 4 is 11.8 Å². The van der Waals surface area contributed by atoms with Crippen molar-refractivity contribution < 1.29 is 4.39 Å². The van der Waals surface area contributed by atoms with Gasteiger partial charge in [0.25, 0.3) is 0 Å². The summed E-state index contributed by atoms with van der Waals surface area (Å²) in [5.74, 6) is 0.453. The number of nitrogens with two attached hydrogens (primary N) is 1. The van der Waals surface area contributed by atoms with Gasteiger partial charge >= 0.3 is 0 Å². The van der Waals surface area contributed by atoms with Crippen molar-refractivity contribution in [2.75, 3.05) is 17.6 Å². The summed E-state index contributed by atoms with van der Waals surface area (Å²) in [6, 6.07) is 0. The number of aromatic nitrogens is 2. The molecule has 0 atom stereocenters. The molecule has 2 rings (SSSR count). The summed E-state index contributed by atoms with van der Waals surface area (Å²) in [6.07, 6.45) is 3.49. The van der Waals surface area contributed by atoms with Crippen LogP contribution in [-0.2, 0) is 0 Å². The van der Waals surface area contributed by atoms with Crippen LogP contribution in [0.1, 0.15) is 26.7 Å². The van der Waals surface area contributed by atoms with E-state index >= 15 is 0 Å². The van der Waals surface area contributed by atoms with Gasteiger partial charge in [0.15, 0.2) is 11.6 Å². The van der Waals surface area contributed by atoms with Gasteiger partial charge in [-0.1, -0.05) is 13.8 Å². The molecule has 88 valence electrons. The van der Waals surface area contributed by atoms with E-state index in [1.165, 1.54) is 12.8 Å². The first-order valence-corrected chi connectivity index (χ1v) is 5.55. The second-order valence-corrected chi connectivity index (χ2v) is 4.80. The standard InChI is InChI=1S/C11H17FN4/c1-7(2)11(3-4-11)6-15-9-8(12)5-14-10(13)16-9/h5,7H,3-4,6H2,1-2H3,(H3,13,14,15,16). The normalized spacial score (nSPS) is 17.5. The Hall–Kier alpha value is -1.39. The predicted octanol–water partition coefficient (Wildman–Crippen LogP) is 2.05. The number of halogens is 1. The minimum absolute atomic E-state index is 0.0956. The first kappa shape index (κ1) is 11.1. The average Bonchev–Trinajstić information content (AvgIpc) is 3.00. The third kappa shape index (κ3) is 2.08. The lowest BCUT2D eigenvalue weighted by atomic mass is 9.92. The van der Waals surface area contributed by atoms with Crippen LogP contribution in [0.15, 0.2) is 6.20 Å². The highest BCUT2D eigenvalue weighted by Gasteiger charge is 2.45. The van der Waals surface area contributed by atoms with E-state index in [-0.39, 0.29) is 11.8 Å². The van der Waals surface area contributed by atoms with E-state index in [1.807, 2.05) is 0 Å². The highest BCUT2D eigenvalue weighted by molar-refractivity contribution is 5.39. The van der Waals surface area contributed by atoms with Crippen LogP contribution >= 0.6 is 0 Å². The first-order valence-electron chi connectivity index (χ1n) is 5.55. The molecule has 1 saturated carbocycles. The minimum atomic E-state index is -0.450. The van der Waals surface area contributed by atoms with Gasteiger partial charge in [-0.3, -0.25) is 0 Å². The fraction of sp³-hybridized carbons (Fsp3) is 0.636. The predicted molar refractivity (Wildman–Crippen MR) is 61.4 cm³/mol. The van der Waals surface area contributed by atoms with E-state index in [0.717, 1.165) is 12.7 Å². The Morgan fingerprint density at radius 2 is 2.25 bits per heavy atom. The molecule has 0 radical (unpaired) electrons. The fourth-order valence-corrected chi connectivity index (χ4v) is 1.88. The highest BCUT2D eigenvalue weighted by atomic mass is 19.1. The molecule has 3 N–H and O–H groups in total. The van der Waals surface area contributed by atoms with Gasteiger partial charge in [0.2, 0.25) is 5.95 Å². The van der Waals surface area contributed by atoms with Gasteiger partial charge in [-0.2, -0.15) is 4.98 Å². The zero-order chi connectivity index (χ0) is 11.8. The maximum Gasteiger partial charge on any atom is 0.222 e. The number of hydrogen-bond acceptors (Lipinski definition) is 4. The Bertz CT molecular complexity index is 388.